The van der Waals surface area contributed by atoms with Gasteiger partial charge in [0.05, 0.1) is 20.0 Å². The molecule has 1 aromatic carbocycles. The van der Waals surface area contributed by atoms with Crippen molar-refractivity contribution in [2.24, 2.45) is 0 Å². The molecule has 0 aliphatic carbocycles. The molecular formula is C16H19N3O3. The van der Waals surface area contributed by atoms with Gasteiger partial charge in [-0.25, -0.2) is 9.78 Å². The van der Waals surface area contributed by atoms with Gasteiger partial charge in [-0.3, -0.25) is 4.90 Å². The van der Waals surface area contributed by atoms with E-state index in [-0.39, 0.29) is 6.09 Å². The highest BCUT2D eigenvalue weighted by atomic mass is 16.5. The fraction of sp³-hybridized carbons (Fsp3) is 0.375. The predicted molar refractivity (Wildman–Crippen MR) is 82.4 cm³/mol. The van der Waals surface area contributed by atoms with Crippen LogP contribution in [0.1, 0.15) is 23.6 Å². The number of imidazole rings is 1. The highest BCUT2D eigenvalue weighted by molar-refractivity contribution is 5.87. The number of benzene rings is 1. The van der Waals surface area contributed by atoms with Gasteiger partial charge < -0.3 is 14.5 Å². The van der Waals surface area contributed by atoms with Crippen LogP contribution in [-0.2, 0) is 11.2 Å². The molecule has 1 aliphatic heterocycles. The minimum absolute atomic E-state index is 0.343. The first-order chi connectivity index (χ1) is 10.7. The van der Waals surface area contributed by atoms with Gasteiger partial charge in [0.1, 0.15) is 5.75 Å². The topological polar surface area (TPSA) is 67.5 Å². The minimum Gasteiger partial charge on any atom is -0.493 e. The van der Waals surface area contributed by atoms with Crippen LogP contribution < -0.4 is 9.64 Å². The van der Waals surface area contributed by atoms with Crippen molar-refractivity contribution < 1.29 is 14.3 Å². The Bertz CT molecular complexity index is 655. The number of amides is 1. The van der Waals surface area contributed by atoms with Gasteiger partial charge in [-0.2, -0.15) is 0 Å². The van der Waals surface area contributed by atoms with E-state index in [9.17, 15) is 4.79 Å². The molecule has 1 aliphatic rings. The van der Waals surface area contributed by atoms with Crippen LogP contribution in [0.2, 0.25) is 0 Å². The Kier molecular flexibility index (Phi) is 4.00. The number of carbonyl (C=O) groups excluding carboxylic acids is 1. The maximum Gasteiger partial charge on any atom is 0.413 e. The Hall–Kier alpha value is -2.50. The van der Waals surface area contributed by atoms with Crippen LogP contribution in [-0.4, -0.2) is 36.8 Å². The van der Waals surface area contributed by atoms with Gasteiger partial charge in [-0.05, 0) is 42.5 Å². The molecule has 1 amide bonds. The minimum atomic E-state index is -0.387. The Morgan fingerprint density at radius 3 is 3.14 bits per heavy atom. The fourth-order valence-corrected chi connectivity index (χ4v) is 2.78. The maximum atomic E-state index is 11.7. The number of nitrogens with one attached hydrogen (secondary N) is 1. The molecular weight excluding hydrogens is 282 g/mol. The molecule has 0 radical (unpaired) electrons. The molecule has 0 fully saturated rings. The van der Waals surface area contributed by atoms with Crippen molar-refractivity contribution in [3.63, 3.8) is 0 Å². The van der Waals surface area contributed by atoms with Crippen molar-refractivity contribution in [1.29, 1.82) is 0 Å². The van der Waals surface area contributed by atoms with Gasteiger partial charge in [-0.1, -0.05) is 0 Å². The number of hydrogen-bond acceptors (Lipinski definition) is 4. The zero-order chi connectivity index (χ0) is 15.5. The molecule has 3 rings (SSSR count). The van der Waals surface area contributed by atoms with Crippen molar-refractivity contribution in [2.45, 2.75) is 18.8 Å². The van der Waals surface area contributed by atoms with Crippen molar-refractivity contribution in [1.82, 2.24) is 9.97 Å². The lowest BCUT2D eigenvalue weighted by Crippen LogP contribution is -2.26. The quantitative estimate of drug-likeness (QED) is 0.946. The molecule has 0 bridgehead atoms. The summed E-state index contributed by atoms with van der Waals surface area (Å²) in [5.41, 5.74) is 3.02. The summed E-state index contributed by atoms with van der Waals surface area (Å²) in [5.74, 6) is 1.23. The van der Waals surface area contributed by atoms with Crippen molar-refractivity contribution in [3.8, 4) is 5.75 Å². The molecule has 0 spiro atoms. The first-order valence-electron chi connectivity index (χ1n) is 7.24. The van der Waals surface area contributed by atoms with E-state index < -0.39 is 0 Å². The number of anilines is 1. The number of rotatable bonds is 3. The summed E-state index contributed by atoms with van der Waals surface area (Å²) in [7, 11) is 3.07. The largest absolute Gasteiger partial charge is 0.493 e. The third kappa shape index (κ3) is 2.77. The second-order valence-corrected chi connectivity index (χ2v) is 5.37. The standard InChI is InChI=1S/C16H19N3O3/c1-19(16(20)21-2)13-3-4-15-14(8-13)11(5-6-22-15)7-12-9-17-10-18-12/h3-4,8-11H,5-7H2,1-2H3,(H,17,18). The lowest BCUT2D eigenvalue weighted by molar-refractivity contribution is 0.180. The average molecular weight is 301 g/mol. The molecule has 1 aromatic heterocycles. The van der Waals surface area contributed by atoms with E-state index in [0.717, 1.165) is 35.5 Å². The van der Waals surface area contributed by atoms with Gasteiger partial charge in [0.15, 0.2) is 0 Å². The second-order valence-electron chi connectivity index (χ2n) is 5.37. The number of aromatic nitrogens is 2. The highest BCUT2D eigenvalue weighted by Crippen LogP contribution is 2.37. The molecule has 1 unspecified atom stereocenters. The number of aromatic amines is 1. The zero-order valence-electron chi connectivity index (χ0n) is 12.7. The molecule has 2 heterocycles. The van der Waals surface area contributed by atoms with Crippen molar-refractivity contribution >= 4 is 11.8 Å². The van der Waals surface area contributed by atoms with Crippen LogP contribution in [0.4, 0.5) is 10.5 Å². The number of H-pyrrole nitrogens is 1. The highest BCUT2D eigenvalue weighted by Gasteiger charge is 2.24. The summed E-state index contributed by atoms with van der Waals surface area (Å²) < 4.78 is 10.5. The smallest absolute Gasteiger partial charge is 0.413 e. The molecule has 6 heteroatoms. The Morgan fingerprint density at radius 2 is 2.41 bits per heavy atom. The Morgan fingerprint density at radius 1 is 1.55 bits per heavy atom. The molecule has 6 nitrogen and oxygen atoms in total. The van der Waals surface area contributed by atoms with Crippen molar-refractivity contribution in [2.75, 3.05) is 25.7 Å². The Labute approximate surface area is 129 Å². The van der Waals surface area contributed by atoms with Crippen LogP contribution in [0.15, 0.2) is 30.7 Å². The zero-order valence-corrected chi connectivity index (χ0v) is 12.7. The van der Waals surface area contributed by atoms with Gasteiger partial charge >= 0.3 is 6.09 Å². The number of fused-ring (bicyclic) bond motifs is 1. The normalized spacial score (nSPS) is 16.5. The lowest BCUT2D eigenvalue weighted by atomic mass is 9.89. The third-order valence-corrected chi connectivity index (χ3v) is 4.01. The van der Waals surface area contributed by atoms with Crippen LogP contribution in [0, 0.1) is 0 Å². The van der Waals surface area contributed by atoms with E-state index in [4.69, 9.17) is 9.47 Å². The van der Waals surface area contributed by atoms with E-state index in [0.29, 0.717) is 12.5 Å². The molecule has 22 heavy (non-hydrogen) atoms. The van der Waals surface area contributed by atoms with Gasteiger partial charge in [0, 0.05) is 24.6 Å². The average Bonchev–Trinajstić information content (AvgIpc) is 3.06. The van der Waals surface area contributed by atoms with E-state index in [2.05, 4.69) is 9.97 Å². The SMILES string of the molecule is COC(=O)N(C)c1ccc2c(c1)C(Cc1cnc[nH]1)CCO2. The number of hydrogen-bond donors (Lipinski definition) is 1. The maximum absolute atomic E-state index is 11.7. The Balaban J connectivity index is 1.89. The van der Waals surface area contributed by atoms with E-state index in [1.807, 2.05) is 24.4 Å². The van der Waals surface area contributed by atoms with E-state index >= 15 is 0 Å². The van der Waals surface area contributed by atoms with Gasteiger partial charge in [-0.15, -0.1) is 0 Å². The predicted octanol–water partition coefficient (Wildman–Crippen LogP) is 2.72. The summed E-state index contributed by atoms with van der Waals surface area (Å²) in [6.07, 6.45) is 4.97. The summed E-state index contributed by atoms with van der Waals surface area (Å²) >= 11 is 0. The van der Waals surface area contributed by atoms with E-state index in [1.54, 1.807) is 13.4 Å². The van der Waals surface area contributed by atoms with Crippen molar-refractivity contribution in [3.05, 3.63) is 42.0 Å². The molecule has 1 atom stereocenters. The third-order valence-electron chi connectivity index (χ3n) is 4.01. The monoisotopic (exact) mass is 301 g/mol. The summed E-state index contributed by atoms with van der Waals surface area (Å²) in [6, 6.07) is 5.80. The summed E-state index contributed by atoms with van der Waals surface area (Å²) in [6.45, 7) is 0.706. The van der Waals surface area contributed by atoms with Gasteiger partial charge in [0.2, 0.25) is 0 Å². The first kappa shape index (κ1) is 14.4. The van der Waals surface area contributed by atoms with Crippen LogP contribution in [0.5, 0.6) is 5.75 Å². The fourth-order valence-electron chi connectivity index (χ4n) is 2.78. The summed E-state index contributed by atoms with van der Waals surface area (Å²) in [4.78, 5) is 20.4. The van der Waals surface area contributed by atoms with E-state index in [1.165, 1.54) is 12.0 Å². The van der Waals surface area contributed by atoms with Gasteiger partial charge in [0.25, 0.3) is 0 Å². The molecule has 2 aromatic rings. The molecule has 116 valence electrons. The summed E-state index contributed by atoms with van der Waals surface area (Å²) in [5, 5.41) is 0. The number of ether oxygens (including phenoxy) is 2. The first-order valence-corrected chi connectivity index (χ1v) is 7.24. The van der Waals surface area contributed by atoms with Crippen LogP contribution in [0.25, 0.3) is 0 Å². The number of methoxy groups -OCH3 is 1. The van der Waals surface area contributed by atoms with Crippen LogP contribution >= 0.6 is 0 Å². The lowest BCUT2D eigenvalue weighted by Gasteiger charge is -2.27. The molecule has 1 N–H and O–H groups in total. The molecule has 0 saturated heterocycles. The van der Waals surface area contributed by atoms with Crippen LogP contribution in [0.3, 0.4) is 0 Å². The molecule has 0 saturated carbocycles. The second kappa shape index (κ2) is 6.09. The number of nitrogens with zero attached hydrogens (tertiary/aromatic N) is 2. The number of carbonyl (C=O) groups is 1.